The fourth-order valence-electron chi connectivity index (χ4n) is 3.87. The van der Waals surface area contributed by atoms with Crippen molar-refractivity contribution in [3.63, 3.8) is 0 Å². The molecule has 2 aromatic carbocycles. The van der Waals surface area contributed by atoms with Gasteiger partial charge in [0.25, 0.3) is 5.56 Å². The van der Waals surface area contributed by atoms with E-state index >= 15 is 0 Å². The van der Waals surface area contributed by atoms with Crippen LogP contribution in [0.3, 0.4) is 0 Å². The molecule has 0 radical (unpaired) electrons. The number of hydrogen-bond donors (Lipinski definition) is 1. The van der Waals surface area contributed by atoms with Gasteiger partial charge in [0.05, 0.1) is 34.3 Å². The SMILES string of the molecule is CCOc1ccccc1NC(=O)CSc1nc2c(c(=O)n1-c1cc(C)cc(C)c1)SC(C)C2. The van der Waals surface area contributed by atoms with Gasteiger partial charge in [-0.2, -0.15) is 0 Å². The van der Waals surface area contributed by atoms with Crippen LogP contribution in [0, 0.1) is 13.8 Å². The Morgan fingerprint density at radius 1 is 1.24 bits per heavy atom. The molecule has 1 aromatic heterocycles. The first-order chi connectivity index (χ1) is 15.9. The standard InChI is InChI=1S/C25H27N3O3S2/c1-5-31-21-9-7-6-8-19(21)26-22(29)14-32-25-27-20-13-17(4)33-23(20)24(30)28(25)18-11-15(2)10-16(3)12-18/h6-12,17H,5,13-14H2,1-4H3,(H,26,29). The van der Waals surface area contributed by atoms with E-state index in [1.807, 2.05) is 57.2 Å². The second-order valence-corrected chi connectivity index (χ2v) is 10.4. The molecule has 1 amide bonds. The number of anilines is 1. The highest BCUT2D eigenvalue weighted by molar-refractivity contribution is 8.00. The number of fused-ring (bicyclic) bond motifs is 1. The summed E-state index contributed by atoms with van der Waals surface area (Å²) in [5, 5.41) is 3.76. The summed E-state index contributed by atoms with van der Waals surface area (Å²) in [6.07, 6.45) is 0.754. The summed E-state index contributed by atoms with van der Waals surface area (Å²) in [5.41, 5.74) is 4.30. The molecule has 8 heteroatoms. The molecule has 2 heterocycles. The molecule has 1 unspecified atom stereocenters. The van der Waals surface area contributed by atoms with Crippen molar-refractivity contribution in [3.8, 4) is 11.4 Å². The van der Waals surface area contributed by atoms with E-state index in [4.69, 9.17) is 9.72 Å². The molecule has 0 spiro atoms. The van der Waals surface area contributed by atoms with E-state index in [2.05, 4.69) is 18.3 Å². The first kappa shape index (κ1) is 23.4. The Kier molecular flexibility index (Phi) is 7.14. The van der Waals surface area contributed by atoms with Crippen LogP contribution in [0.15, 0.2) is 57.3 Å². The number of benzene rings is 2. The molecule has 0 aliphatic carbocycles. The van der Waals surface area contributed by atoms with E-state index in [0.29, 0.717) is 33.3 Å². The Morgan fingerprint density at radius 3 is 2.70 bits per heavy atom. The molecular formula is C25H27N3O3S2. The van der Waals surface area contributed by atoms with Crippen molar-refractivity contribution in [1.82, 2.24) is 9.55 Å². The molecule has 1 atom stereocenters. The number of rotatable bonds is 7. The fraction of sp³-hybridized carbons (Fsp3) is 0.320. The van der Waals surface area contributed by atoms with Gasteiger partial charge in [0, 0.05) is 11.7 Å². The van der Waals surface area contributed by atoms with Gasteiger partial charge in [-0.25, -0.2) is 4.98 Å². The van der Waals surface area contributed by atoms with Gasteiger partial charge in [-0.1, -0.05) is 36.9 Å². The second kappa shape index (κ2) is 10.1. The van der Waals surface area contributed by atoms with Crippen LogP contribution in [0.1, 0.15) is 30.7 Å². The van der Waals surface area contributed by atoms with Crippen molar-refractivity contribution in [3.05, 3.63) is 69.6 Å². The lowest BCUT2D eigenvalue weighted by Crippen LogP contribution is -2.25. The van der Waals surface area contributed by atoms with Crippen molar-refractivity contribution in [1.29, 1.82) is 0 Å². The van der Waals surface area contributed by atoms with Crippen molar-refractivity contribution < 1.29 is 9.53 Å². The van der Waals surface area contributed by atoms with Gasteiger partial charge in [0.1, 0.15) is 5.75 Å². The van der Waals surface area contributed by atoms with Crippen LogP contribution >= 0.6 is 23.5 Å². The molecule has 6 nitrogen and oxygen atoms in total. The van der Waals surface area contributed by atoms with Crippen LogP contribution in [0.4, 0.5) is 5.69 Å². The summed E-state index contributed by atoms with van der Waals surface area (Å²) in [6, 6.07) is 13.4. The average Bonchev–Trinajstić information content (AvgIpc) is 3.14. The number of thioether (sulfide) groups is 2. The Balaban J connectivity index is 1.64. The van der Waals surface area contributed by atoms with E-state index in [-0.39, 0.29) is 17.2 Å². The summed E-state index contributed by atoms with van der Waals surface area (Å²) < 4.78 is 7.24. The van der Waals surface area contributed by atoms with Crippen LogP contribution in [0.5, 0.6) is 5.75 Å². The molecule has 0 saturated carbocycles. The van der Waals surface area contributed by atoms with E-state index in [9.17, 15) is 9.59 Å². The lowest BCUT2D eigenvalue weighted by molar-refractivity contribution is -0.113. The van der Waals surface area contributed by atoms with Gasteiger partial charge < -0.3 is 10.1 Å². The molecule has 33 heavy (non-hydrogen) atoms. The normalized spacial score (nSPS) is 14.7. The Hall–Kier alpha value is -2.71. The number of amides is 1. The van der Waals surface area contributed by atoms with Crippen molar-refractivity contribution >= 4 is 35.1 Å². The van der Waals surface area contributed by atoms with Crippen molar-refractivity contribution in [2.75, 3.05) is 17.7 Å². The number of nitrogens with zero attached hydrogens (tertiary/aromatic N) is 2. The number of aromatic nitrogens is 2. The number of hydrogen-bond acceptors (Lipinski definition) is 6. The Morgan fingerprint density at radius 2 is 1.97 bits per heavy atom. The van der Waals surface area contributed by atoms with Crippen LogP contribution < -0.4 is 15.6 Å². The van der Waals surface area contributed by atoms with E-state index in [0.717, 1.165) is 28.9 Å². The third-order valence-electron chi connectivity index (χ3n) is 5.14. The number of aryl methyl sites for hydroxylation is 2. The summed E-state index contributed by atoms with van der Waals surface area (Å²) in [5.74, 6) is 0.572. The highest BCUT2D eigenvalue weighted by Crippen LogP contribution is 2.35. The van der Waals surface area contributed by atoms with E-state index in [1.165, 1.54) is 11.8 Å². The molecular weight excluding hydrogens is 454 g/mol. The minimum absolute atomic E-state index is 0.0658. The molecule has 1 N–H and O–H groups in total. The Bertz CT molecular complexity index is 1240. The van der Waals surface area contributed by atoms with Crippen LogP contribution in [0.2, 0.25) is 0 Å². The predicted molar refractivity (Wildman–Crippen MR) is 135 cm³/mol. The van der Waals surface area contributed by atoms with Crippen LogP contribution in [-0.4, -0.2) is 33.1 Å². The van der Waals surface area contributed by atoms with Gasteiger partial charge in [0.15, 0.2) is 5.16 Å². The van der Waals surface area contributed by atoms with E-state index in [1.54, 1.807) is 16.3 Å². The lowest BCUT2D eigenvalue weighted by atomic mass is 10.1. The first-order valence-corrected chi connectivity index (χ1v) is 12.8. The number of carbonyl (C=O) groups is 1. The maximum absolute atomic E-state index is 13.5. The largest absolute Gasteiger partial charge is 0.492 e. The predicted octanol–water partition coefficient (Wildman–Crippen LogP) is 5.02. The van der Waals surface area contributed by atoms with Crippen molar-refractivity contribution in [2.45, 2.75) is 49.4 Å². The van der Waals surface area contributed by atoms with Gasteiger partial charge in [-0.05, 0) is 56.2 Å². The third kappa shape index (κ3) is 5.28. The van der Waals surface area contributed by atoms with Gasteiger partial charge in [-0.3, -0.25) is 14.2 Å². The highest BCUT2D eigenvalue weighted by atomic mass is 32.2. The van der Waals surface area contributed by atoms with Crippen LogP contribution in [0.25, 0.3) is 5.69 Å². The molecule has 1 aliphatic rings. The highest BCUT2D eigenvalue weighted by Gasteiger charge is 2.27. The van der Waals surface area contributed by atoms with Gasteiger partial charge >= 0.3 is 0 Å². The monoisotopic (exact) mass is 481 g/mol. The first-order valence-electron chi connectivity index (χ1n) is 10.9. The topological polar surface area (TPSA) is 73.2 Å². The molecule has 172 valence electrons. The number of carbonyl (C=O) groups excluding carboxylic acids is 1. The summed E-state index contributed by atoms with van der Waals surface area (Å²) in [7, 11) is 0. The minimum Gasteiger partial charge on any atom is -0.492 e. The van der Waals surface area contributed by atoms with Crippen molar-refractivity contribution in [2.24, 2.45) is 0 Å². The number of nitrogens with one attached hydrogen (secondary N) is 1. The number of ether oxygens (including phenoxy) is 1. The molecule has 0 fully saturated rings. The maximum Gasteiger partial charge on any atom is 0.272 e. The second-order valence-electron chi connectivity index (χ2n) is 8.06. The fourth-order valence-corrected chi connectivity index (χ4v) is 5.80. The summed E-state index contributed by atoms with van der Waals surface area (Å²) in [6.45, 7) is 8.53. The van der Waals surface area contributed by atoms with E-state index < -0.39 is 0 Å². The zero-order valence-electron chi connectivity index (χ0n) is 19.2. The number of para-hydroxylation sites is 2. The Labute approximate surface area is 202 Å². The average molecular weight is 482 g/mol. The molecule has 4 rings (SSSR count). The quantitative estimate of drug-likeness (QED) is 0.378. The zero-order valence-corrected chi connectivity index (χ0v) is 20.8. The summed E-state index contributed by atoms with van der Waals surface area (Å²) in [4.78, 5) is 31.8. The maximum atomic E-state index is 13.5. The zero-order chi connectivity index (χ0) is 23.5. The molecule has 1 aliphatic heterocycles. The molecule has 3 aromatic rings. The third-order valence-corrected chi connectivity index (χ3v) is 7.29. The lowest BCUT2D eigenvalue weighted by Gasteiger charge is -2.15. The molecule has 0 saturated heterocycles. The summed E-state index contributed by atoms with van der Waals surface area (Å²) >= 11 is 2.85. The van der Waals surface area contributed by atoms with Gasteiger partial charge in [-0.15, -0.1) is 11.8 Å². The smallest absolute Gasteiger partial charge is 0.272 e. The van der Waals surface area contributed by atoms with Crippen LogP contribution in [-0.2, 0) is 11.2 Å². The minimum atomic E-state index is -0.184. The molecule has 0 bridgehead atoms. The van der Waals surface area contributed by atoms with Gasteiger partial charge in [0.2, 0.25) is 5.91 Å².